The number of hydrogen-bond acceptors (Lipinski definition) is 2. The van der Waals surface area contributed by atoms with Gasteiger partial charge < -0.3 is 10.1 Å². The molecule has 2 nitrogen and oxygen atoms in total. The van der Waals surface area contributed by atoms with Crippen molar-refractivity contribution in [1.29, 1.82) is 0 Å². The summed E-state index contributed by atoms with van der Waals surface area (Å²) in [5.41, 5.74) is 0.271. The minimum Gasteiger partial charge on any atom is -0.377 e. The van der Waals surface area contributed by atoms with Crippen LogP contribution < -0.4 is 5.32 Å². The van der Waals surface area contributed by atoms with Crippen LogP contribution in [-0.4, -0.2) is 25.3 Å². The first kappa shape index (κ1) is 18.0. The molecule has 1 fully saturated rings. The first-order valence-electron chi connectivity index (χ1n) is 8.51. The highest BCUT2D eigenvalue weighted by Crippen LogP contribution is 2.43. The maximum atomic E-state index is 6.05. The molecule has 0 aromatic heterocycles. The van der Waals surface area contributed by atoms with Crippen molar-refractivity contribution < 1.29 is 4.74 Å². The van der Waals surface area contributed by atoms with Gasteiger partial charge in [-0.15, -0.1) is 0 Å². The van der Waals surface area contributed by atoms with Crippen molar-refractivity contribution in [3.63, 3.8) is 0 Å². The van der Waals surface area contributed by atoms with Crippen LogP contribution in [0.3, 0.4) is 0 Å². The van der Waals surface area contributed by atoms with Gasteiger partial charge in [0, 0.05) is 18.1 Å². The van der Waals surface area contributed by atoms with Gasteiger partial charge in [0.2, 0.25) is 0 Å². The van der Waals surface area contributed by atoms with Crippen LogP contribution in [0.2, 0.25) is 0 Å². The zero-order chi connectivity index (χ0) is 15.5. The summed E-state index contributed by atoms with van der Waals surface area (Å²) in [4.78, 5) is 0. The third-order valence-electron chi connectivity index (χ3n) is 5.12. The maximum Gasteiger partial charge on any atom is 0.0656 e. The maximum absolute atomic E-state index is 6.05. The summed E-state index contributed by atoms with van der Waals surface area (Å²) in [6, 6.07) is 0.611. The molecule has 20 heavy (non-hydrogen) atoms. The number of rotatable bonds is 8. The standard InChI is InChI=1S/C18H37NO/c1-12(2)11-20-17-9-16(18(17,7)8)19-10-15(13(3)4)14(5)6/h12-17,19H,9-11H2,1-8H3. The molecular weight excluding hydrogens is 246 g/mol. The molecule has 1 saturated carbocycles. The summed E-state index contributed by atoms with van der Waals surface area (Å²) in [5.74, 6) is 2.89. The number of nitrogens with one attached hydrogen (secondary N) is 1. The largest absolute Gasteiger partial charge is 0.377 e. The molecule has 0 aromatic rings. The third-order valence-corrected chi connectivity index (χ3v) is 5.12. The molecule has 2 heteroatoms. The Kier molecular flexibility index (Phi) is 6.53. The molecule has 0 radical (unpaired) electrons. The smallest absolute Gasteiger partial charge is 0.0656 e. The monoisotopic (exact) mass is 283 g/mol. The Morgan fingerprint density at radius 3 is 2.00 bits per heavy atom. The van der Waals surface area contributed by atoms with Gasteiger partial charge in [-0.1, -0.05) is 55.4 Å². The van der Waals surface area contributed by atoms with Crippen molar-refractivity contribution in [3.05, 3.63) is 0 Å². The first-order chi connectivity index (χ1) is 9.16. The number of ether oxygens (including phenoxy) is 1. The van der Waals surface area contributed by atoms with Gasteiger partial charge in [0.05, 0.1) is 6.10 Å². The molecule has 0 aliphatic heterocycles. The lowest BCUT2D eigenvalue weighted by Gasteiger charge is -2.52. The minimum atomic E-state index is 0.271. The van der Waals surface area contributed by atoms with Crippen LogP contribution >= 0.6 is 0 Å². The summed E-state index contributed by atoms with van der Waals surface area (Å²) < 4.78 is 6.05. The molecule has 0 amide bonds. The molecule has 120 valence electrons. The normalized spacial score (nSPS) is 25.8. The third kappa shape index (κ3) is 4.46. The summed E-state index contributed by atoms with van der Waals surface area (Å²) in [7, 11) is 0. The van der Waals surface area contributed by atoms with Gasteiger partial charge in [0.25, 0.3) is 0 Å². The zero-order valence-corrected chi connectivity index (χ0v) is 15.0. The second kappa shape index (κ2) is 7.26. The van der Waals surface area contributed by atoms with E-state index in [-0.39, 0.29) is 5.41 Å². The molecule has 1 aliphatic carbocycles. The van der Waals surface area contributed by atoms with E-state index in [4.69, 9.17) is 4.74 Å². The second-order valence-electron chi connectivity index (χ2n) is 8.39. The van der Waals surface area contributed by atoms with E-state index in [1.807, 2.05) is 0 Å². The predicted molar refractivity (Wildman–Crippen MR) is 87.9 cm³/mol. The second-order valence-corrected chi connectivity index (χ2v) is 8.39. The summed E-state index contributed by atoms with van der Waals surface area (Å²) in [6.45, 7) is 20.5. The van der Waals surface area contributed by atoms with E-state index in [0.717, 1.165) is 30.9 Å². The van der Waals surface area contributed by atoms with E-state index < -0.39 is 0 Å². The van der Waals surface area contributed by atoms with Crippen LogP contribution in [0, 0.1) is 29.1 Å². The van der Waals surface area contributed by atoms with Gasteiger partial charge >= 0.3 is 0 Å². The molecule has 0 heterocycles. The molecular formula is C18H37NO. The van der Waals surface area contributed by atoms with Crippen LogP contribution in [-0.2, 0) is 4.74 Å². The first-order valence-corrected chi connectivity index (χ1v) is 8.51. The minimum absolute atomic E-state index is 0.271. The molecule has 1 aliphatic rings. The Morgan fingerprint density at radius 2 is 1.60 bits per heavy atom. The van der Waals surface area contributed by atoms with Crippen LogP contribution in [0.1, 0.15) is 61.8 Å². The van der Waals surface area contributed by atoms with Gasteiger partial charge in [0.1, 0.15) is 0 Å². The highest BCUT2D eigenvalue weighted by Gasteiger charge is 2.48. The molecule has 0 saturated heterocycles. The fourth-order valence-corrected chi connectivity index (χ4v) is 3.34. The molecule has 2 unspecified atom stereocenters. The average molecular weight is 284 g/mol. The molecule has 1 rings (SSSR count). The Hall–Kier alpha value is -0.0800. The van der Waals surface area contributed by atoms with E-state index in [9.17, 15) is 0 Å². The van der Waals surface area contributed by atoms with Crippen molar-refractivity contribution >= 4 is 0 Å². The lowest BCUT2D eigenvalue weighted by atomic mass is 9.64. The van der Waals surface area contributed by atoms with E-state index in [0.29, 0.717) is 18.1 Å². The fraction of sp³-hybridized carbons (Fsp3) is 1.00. The van der Waals surface area contributed by atoms with Gasteiger partial charge in [-0.3, -0.25) is 0 Å². The van der Waals surface area contributed by atoms with Crippen molar-refractivity contribution in [2.45, 2.75) is 74.0 Å². The Labute approximate surface area is 127 Å². The van der Waals surface area contributed by atoms with Crippen LogP contribution in [0.15, 0.2) is 0 Å². The number of hydrogen-bond donors (Lipinski definition) is 1. The highest BCUT2D eigenvalue weighted by atomic mass is 16.5. The highest BCUT2D eigenvalue weighted by molar-refractivity contribution is 5.03. The Morgan fingerprint density at radius 1 is 1.05 bits per heavy atom. The van der Waals surface area contributed by atoms with Gasteiger partial charge in [-0.2, -0.15) is 0 Å². The predicted octanol–water partition coefficient (Wildman–Crippen LogP) is 4.34. The van der Waals surface area contributed by atoms with Gasteiger partial charge in [-0.05, 0) is 36.6 Å². The average Bonchev–Trinajstić information content (AvgIpc) is 2.30. The van der Waals surface area contributed by atoms with E-state index >= 15 is 0 Å². The van der Waals surface area contributed by atoms with Gasteiger partial charge in [0.15, 0.2) is 0 Å². The lowest BCUT2D eigenvalue weighted by Crippen LogP contribution is -2.61. The SMILES string of the molecule is CC(C)COC1CC(NCC(C(C)C)C(C)C)C1(C)C. The molecule has 0 aromatic carbocycles. The topological polar surface area (TPSA) is 21.3 Å². The Balaban J connectivity index is 2.40. The van der Waals surface area contributed by atoms with Crippen molar-refractivity contribution in [3.8, 4) is 0 Å². The zero-order valence-electron chi connectivity index (χ0n) is 15.0. The van der Waals surface area contributed by atoms with E-state index in [1.54, 1.807) is 0 Å². The summed E-state index contributed by atoms with van der Waals surface area (Å²) >= 11 is 0. The van der Waals surface area contributed by atoms with E-state index in [2.05, 4.69) is 60.7 Å². The molecule has 1 N–H and O–H groups in total. The molecule has 0 spiro atoms. The fourth-order valence-electron chi connectivity index (χ4n) is 3.34. The van der Waals surface area contributed by atoms with Crippen LogP contribution in [0.4, 0.5) is 0 Å². The van der Waals surface area contributed by atoms with Gasteiger partial charge in [-0.25, -0.2) is 0 Å². The van der Waals surface area contributed by atoms with Crippen LogP contribution in [0.25, 0.3) is 0 Å². The van der Waals surface area contributed by atoms with Crippen LogP contribution in [0.5, 0.6) is 0 Å². The molecule has 2 atom stereocenters. The quantitative estimate of drug-likeness (QED) is 0.715. The van der Waals surface area contributed by atoms with E-state index in [1.165, 1.54) is 6.42 Å². The summed E-state index contributed by atoms with van der Waals surface area (Å²) in [6.07, 6.45) is 1.60. The molecule has 0 bridgehead atoms. The van der Waals surface area contributed by atoms with Crippen molar-refractivity contribution in [2.24, 2.45) is 29.1 Å². The van der Waals surface area contributed by atoms with Crippen molar-refractivity contribution in [2.75, 3.05) is 13.2 Å². The Bertz CT molecular complexity index is 275. The lowest BCUT2D eigenvalue weighted by molar-refractivity contribution is -0.124. The summed E-state index contributed by atoms with van der Waals surface area (Å²) in [5, 5.41) is 3.81. The van der Waals surface area contributed by atoms with Crippen molar-refractivity contribution in [1.82, 2.24) is 5.32 Å².